The summed E-state index contributed by atoms with van der Waals surface area (Å²) in [6, 6.07) is 9.58. The minimum atomic E-state index is -0.748. The molecule has 0 aliphatic carbocycles. The smallest absolute Gasteiger partial charge is 0.229 e. The molecule has 0 saturated carbocycles. The van der Waals surface area contributed by atoms with Gasteiger partial charge < -0.3 is 15.5 Å². The van der Waals surface area contributed by atoms with E-state index in [0.29, 0.717) is 25.9 Å². The normalized spacial score (nSPS) is 22.3. The maximum Gasteiger partial charge on any atom is 0.229 e. The Kier molecular flexibility index (Phi) is 5.42. The molecular formula is C18H27N3O2. The zero-order chi connectivity index (χ0) is 17.0. The van der Waals surface area contributed by atoms with Gasteiger partial charge in [-0.15, -0.1) is 0 Å². The van der Waals surface area contributed by atoms with Crippen LogP contribution >= 0.6 is 0 Å². The van der Waals surface area contributed by atoms with Crippen molar-refractivity contribution in [1.29, 1.82) is 0 Å². The molecule has 1 saturated heterocycles. The second-order valence-electron chi connectivity index (χ2n) is 6.95. The molecule has 1 fully saturated rings. The second kappa shape index (κ2) is 7.13. The van der Waals surface area contributed by atoms with E-state index < -0.39 is 5.41 Å². The van der Waals surface area contributed by atoms with Crippen molar-refractivity contribution in [3.05, 3.63) is 35.9 Å². The molecule has 0 aromatic heterocycles. The lowest BCUT2D eigenvalue weighted by Gasteiger charge is -2.27. The molecule has 126 valence electrons. The number of nitrogens with two attached hydrogens (primary N) is 1. The fourth-order valence-corrected chi connectivity index (χ4v) is 3.47. The van der Waals surface area contributed by atoms with Crippen molar-refractivity contribution >= 4 is 11.8 Å². The van der Waals surface area contributed by atoms with E-state index in [1.165, 1.54) is 0 Å². The second-order valence-corrected chi connectivity index (χ2v) is 6.95. The monoisotopic (exact) mass is 317 g/mol. The zero-order valence-corrected chi connectivity index (χ0v) is 14.3. The Labute approximate surface area is 138 Å². The third kappa shape index (κ3) is 3.91. The van der Waals surface area contributed by atoms with Crippen molar-refractivity contribution in [2.24, 2.45) is 11.7 Å². The van der Waals surface area contributed by atoms with Crippen molar-refractivity contribution in [2.75, 3.05) is 33.7 Å². The number of hydrogen-bond donors (Lipinski definition) is 1. The summed E-state index contributed by atoms with van der Waals surface area (Å²) in [5, 5.41) is 0. The van der Waals surface area contributed by atoms with Gasteiger partial charge in [-0.2, -0.15) is 0 Å². The number of primary amides is 1. The third-order valence-corrected chi connectivity index (χ3v) is 4.62. The first kappa shape index (κ1) is 17.5. The number of amides is 2. The summed E-state index contributed by atoms with van der Waals surface area (Å²) in [6.07, 6.45) is 1.10. The van der Waals surface area contributed by atoms with Gasteiger partial charge in [-0.25, -0.2) is 0 Å². The van der Waals surface area contributed by atoms with Crippen LogP contribution in [0.4, 0.5) is 0 Å². The molecule has 23 heavy (non-hydrogen) atoms. The van der Waals surface area contributed by atoms with Crippen LogP contribution in [0.15, 0.2) is 30.3 Å². The molecule has 0 spiro atoms. The first-order valence-corrected chi connectivity index (χ1v) is 8.13. The number of likely N-dealkylation sites (tertiary alicyclic amines) is 1. The highest BCUT2D eigenvalue weighted by atomic mass is 16.2. The molecule has 0 bridgehead atoms. The molecule has 5 heteroatoms. The number of hydrogen-bond acceptors (Lipinski definition) is 3. The van der Waals surface area contributed by atoms with Crippen LogP contribution in [0.2, 0.25) is 0 Å². The van der Waals surface area contributed by atoms with E-state index in [1.54, 1.807) is 4.90 Å². The van der Waals surface area contributed by atoms with Crippen LogP contribution < -0.4 is 5.73 Å². The topological polar surface area (TPSA) is 66.6 Å². The summed E-state index contributed by atoms with van der Waals surface area (Å²) in [6.45, 7) is 3.93. The Hall–Kier alpha value is -1.88. The van der Waals surface area contributed by atoms with Crippen molar-refractivity contribution in [1.82, 2.24) is 9.80 Å². The average molecular weight is 317 g/mol. The first-order valence-electron chi connectivity index (χ1n) is 8.13. The highest BCUT2D eigenvalue weighted by molar-refractivity contribution is 5.89. The Balaban J connectivity index is 2.08. The summed E-state index contributed by atoms with van der Waals surface area (Å²) in [7, 11) is 4.01. The Morgan fingerprint density at radius 2 is 1.96 bits per heavy atom. The quantitative estimate of drug-likeness (QED) is 0.858. The molecule has 0 radical (unpaired) electrons. The van der Waals surface area contributed by atoms with E-state index >= 15 is 0 Å². The maximum atomic E-state index is 12.5. The van der Waals surface area contributed by atoms with Crippen LogP contribution in [0.5, 0.6) is 0 Å². The molecule has 2 rings (SSSR count). The number of carbonyl (C=O) groups is 2. The van der Waals surface area contributed by atoms with Gasteiger partial charge in [0.15, 0.2) is 0 Å². The van der Waals surface area contributed by atoms with Gasteiger partial charge in [-0.1, -0.05) is 37.3 Å². The predicted octanol–water partition coefficient (Wildman–Crippen LogP) is 1.23. The van der Waals surface area contributed by atoms with Gasteiger partial charge in [0.1, 0.15) is 0 Å². The summed E-state index contributed by atoms with van der Waals surface area (Å²) in [4.78, 5) is 28.6. The van der Waals surface area contributed by atoms with E-state index in [-0.39, 0.29) is 17.7 Å². The van der Waals surface area contributed by atoms with Crippen LogP contribution in [0.1, 0.15) is 25.3 Å². The van der Waals surface area contributed by atoms with E-state index in [4.69, 9.17) is 5.73 Å². The summed E-state index contributed by atoms with van der Waals surface area (Å²) in [5.74, 6) is 0.0524. The van der Waals surface area contributed by atoms with Gasteiger partial charge in [0.05, 0.1) is 5.41 Å². The molecule has 1 aliphatic rings. The lowest BCUT2D eigenvalue weighted by atomic mass is 9.79. The highest BCUT2D eigenvalue weighted by Gasteiger charge is 2.46. The lowest BCUT2D eigenvalue weighted by Crippen LogP contribution is -2.44. The standard InChI is InChI=1S/C18H27N3O2/c1-14(12-20(2)3)11-16(22)21-10-9-18(13-21,17(19)23)15-7-5-4-6-8-15/h4-8,14H,9-13H2,1-3H3,(H2,19,23). The fraction of sp³-hybridized carbons (Fsp3) is 0.556. The third-order valence-electron chi connectivity index (χ3n) is 4.62. The minimum absolute atomic E-state index is 0.110. The van der Waals surface area contributed by atoms with Gasteiger partial charge in [-0.3, -0.25) is 9.59 Å². The van der Waals surface area contributed by atoms with Crippen molar-refractivity contribution in [3.63, 3.8) is 0 Å². The SMILES string of the molecule is CC(CC(=O)N1CCC(C(N)=O)(c2ccccc2)C1)CN(C)C. The van der Waals surface area contributed by atoms with Gasteiger partial charge in [0.2, 0.25) is 11.8 Å². The Morgan fingerprint density at radius 1 is 1.30 bits per heavy atom. The molecule has 2 atom stereocenters. The van der Waals surface area contributed by atoms with Crippen LogP contribution in [0.25, 0.3) is 0 Å². The molecule has 1 aromatic rings. The van der Waals surface area contributed by atoms with Crippen molar-refractivity contribution < 1.29 is 9.59 Å². The highest BCUT2D eigenvalue weighted by Crippen LogP contribution is 2.34. The van der Waals surface area contributed by atoms with Gasteiger partial charge in [0, 0.05) is 26.1 Å². The summed E-state index contributed by atoms with van der Waals surface area (Å²) in [5.41, 5.74) is 5.87. The van der Waals surface area contributed by atoms with Crippen LogP contribution in [-0.2, 0) is 15.0 Å². The molecule has 1 heterocycles. The zero-order valence-electron chi connectivity index (χ0n) is 14.3. The average Bonchev–Trinajstić information content (AvgIpc) is 2.94. The minimum Gasteiger partial charge on any atom is -0.369 e. The summed E-state index contributed by atoms with van der Waals surface area (Å²) < 4.78 is 0. The molecule has 2 amide bonds. The maximum absolute atomic E-state index is 12.5. The van der Waals surface area contributed by atoms with E-state index in [9.17, 15) is 9.59 Å². The largest absolute Gasteiger partial charge is 0.369 e. The number of nitrogens with zero attached hydrogens (tertiary/aromatic N) is 2. The van der Waals surface area contributed by atoms with E-state index in [2.05, 4.69) is 11.8 Å². The van der Waals surface area contributed by atoms with E-state index in [0.717, 1.165) is 12.1 Å². The van der Waals surface area contributed by atoms with Gasteiger partial charge in [0.25, 0.3) is 0 Å². The Bertz CT molecular complexity index is 559. The summed E-state index contributed by atoms with van der Waals surface area (Å²) >= 11 is 0. The Morgan fingerprint density at radius 3 is 2.52 bits per heavy atom. The lowest BCUT2D eigenvalue weighted by molar-refractivity contribution is -0.131. The number of rotatable bonds is 6. The van der Waals surface area contributed by atoms with Crippen molar-refractivity contribution in [3.8, 4) is 0 Å². The molecule has 1 aliphatic heterocycles. The predicted molar refractivity (Wildman–Crippen MR) is 90.8 cm³/mol. The molecule has 1 aromatic carbocycles. The first-order chi connectivity index (χ1) is 10.8. The molecular weight excluding hydrogens is 290 g/mol. The van der Waals surface area contributed by atoms with Crippen LogP contribution in [0.3, 0.4) is 0 Å². The van der Waals surface area contributed by atoms with Crippen molar-refractivity contribution in [2.45, 2.75) is 25.2 Å². The van der Waals surface area contributed by atoms with Gasteiger partial charge >= 0.3 is 0 Å². The van der Waals surface area contributed by atoms with Crippen LogP contribution in [-0.4, -0.2) is 55.3 Å². The molecule has 2 N–H and O–H groups in total. The number of benzene rings is 1. The molecule has 2 unspecified atom stereocenters. The number of carbonyl (C=O) groups excluding carboxylic acids is 2. The van der Waals surface area contributed by atoms with Gasteiger partial charge in [-0.05, 0) is 32.0 Å². The molecule has 5 nitrogen and oxygen atoms in total. The van der Waals surface area contributed by atoms with E-state index in [1.807, 2.05) is 44.4 Å². The fourth-order valence-electron chi connectivity index (χ4n) is 3.47. The van der Waals surface area contributed by atoms with Crippen LogP contribution in [0, 0.1) is 5.92 Å².